The molecule has 0 radical (unpaired) electrons. The van der Waals surface area contributed by atoms with Crippen LogP contribution in [0.25, 0.3) is 0 Å². The molecule has 0 amide bonds. The van der Waals surface area contributed by atoms with E-state index in [0.29, 0.717) is 4.78 Å². The minimum atomic E-state index is -1.36. The molecular weight excluding hydrogens is 149 g/mol. The van der Waals surface area contributed by atoms with Crippen molar-refractivity contribution in [1.29, 1.82) is 0 Å². The summed E-state index contributed by atoms with van der Waals surface area (Å²) in [6.45, 7) is 1.93. The van der Waals surface area contributed by atoms with E-state index in [0.717, 1.165) is 12.1 Å². The van der Waals surface area contributed by atoms with Crippen molar-refractivity contribution in [3.8, 4) is 0 Å². The first-order valence-electron chi connectivity index (χ1n) is 3.04. The molecule has 0 saturated heterocycles. The van der Waals surface area contributed by atoms with E-state index in [2.05, 4.69) is 4.98 Å². The van der Waals surface area contributed by atoms with Gasteiger partial charge >= 0.3 is 7.12 Å². The van der Waals surface area contributed by atoms with E-state index >= 15 is 0 Å². The van der Waals surface area contributed by atoms with Crippen LogP contribution in [-0.2, 0) is 6.42 Å². The van der Waals surface area contributed by atoms with Gasteiger partial charge in [0.25, 0.3) is 0 Å². The minimum Gasteiger partial charge on any atom is -0.423 e. The summed E-state index contributed by atoms with van der Waals surface area (Å²) in [7, 11) is -1.36. The number of hydrogen-bond acceptors (Lipinski definition) is 4. The minimum absolute atomic E-state index is 0.558. The van der Waals surface area contributed by atoms with E-state index in [1.165, 1.54) is 11.3 Å². The lowest BCUT2D eigenvalue weighted by Crippen LogP contribution is -2.29. The number of aromatic nitrogens is 1. The quantitative estimate of drug-likeness (QED) is 0.562. The predicted octanol–water partition coefficient (Wildman–Crippen LogP) is -0.615. The largest absolute Gasteiger partial charge is 0.501 e. The standard InChI is InChI=1S/C5H8BNO2S/c1-2-4-5(6(8)9)10-3-7-4/h3,8-9H,2H2,1H3. The lowest BCUT2D eigenvalue weighted by atomic mass is 9.87. The van der Waals surface area contributed by atoms with Crippen molar-refractivity contribution in [2.75, 3.05) is 0 Å². The molecule has 0 spiro atoms. The van der Waals surface area contributed by atoms with Crippen molar-refractivity contribution in [2.24, 2.45) is 0 Å². The Morgan fingerprint density at radius 2 is 2.40 bits per heavy atom. The van der Waals surface area contributed by atoms with E-state index in [9.17, 15) is 0 Å². The fraction of sp³-hybridized carbons (Fsp3) is 0.400. The second-order valence-electron chi connectivity index (χ2n) is 1.89. The van der Waals surface area contributed by atoms with E-state index in [1.54, 1.807) is 5.51 Å². The van der Waals surface area contributed by atoms with Crippen LogP contribution >= 0.6 is 11.3 Å². The summed E-state index contributed by atoms with van der Waals surface area (Å²) >= 11 is 1.27. The van der Waals surface area contributed by atoms with Crippen LogP contribution in [-0.4, -0.2) is 22.2 Å². The smallest absolute Gasteiger partial charge is 0.423 e. The third-order valence-electron chi connectivity index (χ3n) is 1.24. The maximum Gasteiger partial charge on any atom is 0.501 e. The lowest BCUT2D eigenvalue weighted by molar-refractivity contribution is 0.426. The van der Waals surface area contributed by atoms with Gasteiger partial charge in [-0.15, -0.1) is 11.3 Å². The van der Waals surface area contributed by atoms with E-state index in [4.69, 9.17) is 10.0 Å². The number of hydrogen-bond donors (Lipinski definition) is 2. The van der Waals surface area contributed by atoms with E-state index in [1.807, 2.05) is 6.92 Å². The van der Waals surface area contributed by atoms with E-state index < -0.39 is 7.12 Å². The van der Waals surface area contributed by atoms with Crippen LogP contribution in [0.1, 0.15) is 12.6 Å². The first-order chi connectivity index (χ1) is 4.75. The maximum absolute atomic E-state index is 8.75. The monoisotopic (exact) mass is 157 g/mol. The van der Waals surface area contributed by atoms with Crippen molar-refractivity contribution in [1.82, 2.24) is 4.98 Å². The van der Waals surface area contributed by atoms with Gasteiger partial charge in [-0.3, -0.25) is 4.98 Å². The molecule has 0 fully saturated rings. The number of nitrogens with zero attached hydrogens (tertiary/aromatic N) is 1. The third kappa shape index (κ3) is 1.37. The zero-order chi connectivity index (χ0) is 7.56. The van der Waals surface area contributed by atoms with Gasteiger partial charge in [0.15, 0.2) is 0 Å². The molecule has 0 aliphatic carbocycles. The fourth-order valence-electron chi connectivity index (χ4n) is 0.754. The second-order valence-corrected chi connectivity index (χ2v) is 2.78. The van der Waals surface area contributed by atoms with Crippen LogP contribution in [0.15, 0.2) is 5.51 Å². The Labute approximate surface area is 63.5 Å². The Bertz CT molecular complexity index is 213. The molecule has 0 aromatic carbocycles. The van der Waals surface area contributed by atoms with Crippen LogP contribution in [0.3, 0.4) is 0 Å². The summed E-state index contributed by atoms with van der Waals surface area (Å²) in [4.78, 5) is 3.95. The summed E-state index contributed by atoms with van der Waals surface area (Å²) in [6.07, 6.45) is 0.746. The molecule has 0 atom stereocenters. The molecule has 0 aliphatic rings. The van der Waals surface area contributed by atoms with Crippen LogP contribution in [0, 0.1) is 0 Å². The average Bonchev–Trinajstić information content (AvgIpc) is 2.33. The third-order valence-corrected chi connectivity index (χ3v) is 2.15. The molecule has 1 heterocycles. The first kappa shape index (κ1) is 7.72. The van der Waals surface area contributed by atoms with Crippen molar-refractivity contribution in [2.45, 2.75) is 13.3 Å². The van der Waals surface area contributed by atoms with Crippen molar-refractivity contribution < 1.29 is 10.0 Å². The van der Waals surface area contributed by atoms with Gasteiger partial charge < -0.3 is 10.0 Å². The van der Waals surface area contributed by atoms with Crippen LogP contribution in [0.2, 0.25) is 0 Å². The fourth-order valence-corrected chi connectivity index (χ4v) is 1.50. The molecule has 1 aromatic heterocycles. The topological polar surface area (TPSA) is 53.4 Å². The Morgan fingerprint density at radius 1 is 1.70 bits per heavy atom. The first-order valence-corrected chi connectivity index (χ1v) is 3.92. The predicted molar refractivity (Wildman–Crippen MR) is 41.3 cm³/mol. The average molecular weight is 157 g/mol. The molecule has 1 aromatic rings. The number of thiazole rings is 1. The molecule has 54 valence electrons. The molecule has 2 N–H and O–H groups in total. The SMILES string of the molecule is CCc1ncsc1B(O)O. The Morgan fingerprint density at radius 3 is 2.80 bits per heavy atom. The molecule has 0 bridgehead atoms. The summed E-state index contributed by atoms with van der Waals surface area (Å²) in [5.74, 6) is 0. The Balaban J connectivity index is 2.90. The Kier molecular flexibility index (Phi) is 2.42. The molecule has 0 aliphatic heterocycles. The molecule has 3 nitrogen and oxygen atoms in total. The molecule has 5 heteroatoms. The zero-order valence-corrected chi connectivity index (χ0v) is 6.43. The molecule has 0 unspecified atom stereocenters. The zero-order valence-electron chi connectivity index (χ0n) is 5.61. The van der Waals surface area contributed by atoms with Crippen molar-refractivity contribution in [3.63, 3.8) is 0 Å². The highest BCUT2D eigenvalue weighted by atomic mass is 32.1. The summed E-state index contributed by atoms with van der Waals surface area (Å²) in [6, 6.07) is 0. The van der Waals surface area contributed by atoms with Gasteiger partial charge in [0.2, 0.25) is 0 Å². The molecule has 0 saturated carbocycles. The molecule has 10 heavy (non-hydrogen) atoms. The molecule has 1 rings (SSSR count). The maximum atomic E-state index is 8.75. The number of aryl methyl sites for hydroxylation is 1. The van der Waals surface area contributed by atoms with Gasteiger partial charge in [-0.2, -0.15) is 0 Å². The highest BCUT2D eigenvalue weighted by Gasteiger charge is 2.17. The van der Waals surface area contributed by atoms with Crippen LogP contribution in [0.5, 0.6) is 0 Å². The summed E-state index contributed by atoms with van der Waals surface area (Å²) in [5, 5.41) is 17.5. The van der Waals surface area contributed by atoms with Crippen LogP contribution < -0.4 is 4.78 Å². The van der Waals surface area contributed by atoms with Gasteiger partial charge in [-0.25, -0.2) is 0 Å². The normalized spacial score (nSPS) is 9.90. The summed E-state index contributed by atoms with van der Waals surface area (Å²) in [5.41, 5.74) is 2.40. The lowest BCUT2D eigenvalue weighted by Gasteiger charge is -1.94. The van der Waals surface area contributed by atoms with Gasteiger partial charge in [-0.1, -0.05) is 6.92 Å². The highest BCUT2D eigenvalue weighted by molar-refractivity contribution is 7.20. The molecular formula is C5H8BNO2S. The van der Waals surface area contributed by atoms with Gasteiger partial charge in [0, 0.05) is 0 Å². The van der Waals surface area contributed by atoms with Gasteiger partial charge in [-0.05, 0) is 6.42 Å². The van der Waals surface area contributed by atoms with Crippen LogP contribution in [0.4, 0.5) is 0 Å². The number of rotatable bonds is 2. The Hall–Kier alpha value is -0.385. The highest BCUT2D eigenvalue weighted by Crippen LogP contribution is 1.99. The second kappa shape index (κ2) is 3.14. The van der Waals surface area contributed by atoms with Gasteiger partial charge in [0.05, 0.1) is 16.0 Å². The van der Waals surface area contributed by atoms with Crippen molar-refractivity contribution >= 4 is 23.2 Å². The van der Waals surface area contributed by atoms with Crippen molar-refractivity contribution in [3.05, 3.63) is 11.2 Å². The van der Waals surface area contributed by atoms with E-state index in [-0.39, 0.29) is 0 Å². The summed E-state index contributed by atoms with van der Waals surface area (Å²) < 4.78 is 0.558. The van der Waals surface area contributed by atoms with Gasteiger partial charge in [0.1, 0.15) is 0 Å².